The van der Waals surface area contributed by atoms with E-state index in [4.69, 9.17) is 19.6 Å². The molecule has 1 heterocycles. The summed E-state index contributed by atoms with van der Waals surface area (Å²) in [6, 6.07) is 13.1. The molecule has 0 spiro atoms. The maximum atomic E-state index is 14.5. The summed E-state index contributed by atoms with van der Waals surface area (Å²) in [5.41, 5.74) is -1.08. The molecule has 1 aliphatic heterocycles. The molecule has 1 unspecified atom stereocenters. The van der Waals surface area contributed by atoms with E-state index in [1.54, 1.807) is 86.6 Å². The summed E-state index contributed by atoms with van der Waals surface area (Å²) < 4.78 is 16.2. The van der Waals surface area contributed by atoms with Crippen LogP contribution in [-0.2, 0) is 51.3 Å². The number of esters is 1. The highest BCUT2D eigenvalue weighted by molar-refractivity contribution is 6.00. The molecule has 2 aromatic rings. The van der Waals surface area contributed by atoms with Gasteiger partial charge in [0.2, 0.25) is 29.6 Å². The van der Waals surface area contributed by atoms with Gasteiger partial charge in [-0.25, -0.2) is 14.5 Å². The Bertz CT molecular complexity index is 2020. The Labute approximate surface area is 380 Å². The van der Waals surface area contributed by atoms with Crippen LogP contribution in [-0.4, -0.2) is 112 Å². The fourth-order valence-corrected chi connectivity index (χ4v) is 6.34. The zero-order valence-electron chi connectivity index (χ0n) is 39.0. The van der Waals surface area contributed by atoms with E-state index in [2.05, 4.69) is 26.6 Å². The van der Waals surface area contributed by atoms with Gasteiger partial charge < -0.3 is 40.4 Å². The van der Waals surface area contributed by atoms with Gasteiger partial charge in [-0.3, -0.25) is 39.5 Å². The minimum absolute atomic E-state index is 0.00360. The largest absolute Gasteiger partial charge is 0.460 e. The Kier molecular flexibility index (Phi) is 19.5. The van der Waals surface area contributed by atoms with Crippen LogP contribution in [0.4, 0.5) is 9.59 Å². The summed E-state index contributed by atoms with van der Waals surface area (Å²) >= 11 is 0. The Morgan fingerprint density at radius 2 is 1.43 bits per heavy atom. The lowest BCUT2D eigenvalue weighted by Gasteiger charge is -2.29. The van der Waals surface area contributed by atoms with Crippen LogP contribution in [0.5, 0.6) is 0 Å². The smallest absolute Gasteiger partial charge is 0.417 e. The highest BCUT2D eigenvalue weighted by Crippen LogP contribution is 2.18. The minimum Gasteiger partial charge on any atom is -0.460 e. The number of carbonyl (C=O) groups excluding carboxylic acids is 8. The molecule has 19 nitrogen and oxygen atoms in total. The lowest BCUT2D eigenvalue weighted by Crippen LogP contribution is -2.53. The zero-order chi connectivity index (χ0) is 48.5. The van der Waals surface area contributed by atoms with Crippen LogP contribution in [0.2, 0.25) is 0 Å². The number of fused-ring (bicyclic) bond motifs is 2. The second-order valence-electron chi connectivity index (χ2n) is 18.6. The topological polar surface area (TPSA) is 255 Å². The summed E-state index contributed by atoms with van der Waals surface area (Å²) in [6.45, 7) is 14.2. The van der Waals surface area contributed by atoms with E-state index >= 15 is 0 Å². The molecule has 7 amide bonds. The number of nitrogens with zero attached hydrogens (tertiary/aromatic N) is 2. The van der Waals surface area contributed by atoms with E-state index in [1.165, 1.54) is 4.90 Å². The standard InChI is InChI=1S/C46H66N8O11/c1-44(2,3)63-37(57)26-34-40(60)53(28-30-17-11-10-12-18-30)29-31-19-15-20-32(25-31)38(58)48-23-14-13-22-35(55)50-33(39(59)49-27-36(56)51-34)21-16-24-54(43(62)65-46(7,8)9)41(47)52-42(61)64-45(4,5)6/h10-12,15,17-20,25,33-34H,13-14,16,21-24,26-29H2,1-9H3,(H,48,58)(H,49,59)(H,50,55)(H,51,56)(H2,47,52,61)/t33-,34?/m0/s1. The molecule has 19 heteroatoms. The number of carbonyl (C=O) groups is 8. The first-order chi connectivity index (χ1) is 30.3. The third-order valence-electron chi connectivity index (χ3n) is 9.08. The predicted molar refractivity (Wildman–Crippen MR) is 240 cm³/mol. The van der Waals surface area contributed by atoms with E-state index in [-0.39, 0.29) is 51.3 Å². The second kappa shape index (κ2) is 24.0. The quantitative estimate of drug-likeness (QED) is 0.0936. The highest BCUT2D eigenvalue weighted by Gasteiger charge is 2.32. The van der Waals surface area contributed by atoms with Crippen LogP contribution < -0.4 is 26.6 Å². The summed E-state index contributed by atoms with van der Waals surface area (Å²) in [6.07, 6.45) is -1.87. The molecule has 3 rings (SSSR count). The van der Waals surface area contributed by atoms with Crippen molar-refractivity contribution in [3.8, 4) is 0 Å². The number of hydrogen-bond acceptors (Lipinski definition) is 12. The van der Waals surface area contributed by atoms with Crippen LogP contribution in [0, 0.1) is 5.41 Å². The van der Waals surface area contributed by atoms with Gasteiger partial charge in [-0.1, -0.05) is 42.5 Å². The van der Waals surface area contributed by atoms with E-state index < -0.39 is 89.6 Å². The molecule has 2 aromatic carbocycles. The number of benzene rings is 2. The minimum atomic E-state index is -1.45. The number of ether oxygens (including phenoxy) is 3. The summed E-state index contributed by atoms with van der Waals surface area (Å²) in [4.78, 5) is 110. The third-order valence-corrected chi connectivity index (χ3v) is 9.08. The van der Waals surface area contributed by atoms with Crippen molar-refractivity contribution in [3.05, 3.63) is 71.3 Å². The molecule has 0 saturated carbocycles. The molecule has 6 N–H and O–H groups in total. The first-order valence-corrected chi connectivity index (χ1v) is 21.7. The van der Waals surface area contributed by atoms with Crippen molar-refractivity contribution < 1.29 is 52.6 Å². The van der Waals surface area contributed by atoms with Gasteiger partial charge in [0.25, 0.3) is 5.91 Å². The third kappa shape index (κ3) is 20.2. The fraction of sp³-hybridized carbons (Fsp3) is 0.543. The summed E-state index contributed by atoms with van der Waals surface area (Å²) in [5, 5.41) is 21.3. The van der Waals surface area contributed by atoms with Crippen molar-refractivity contribution in [2.45, 2.75) is 143 Å². The molecule has 65 heavy (non-hydrogen) atoms. The summed E-state index contributed by atoms with van der Waals surface area (Å²) in [7, 11) is 0. The second-order valence-corrected chi connectivity index (χ2v) is 18.6. The Hall–Kier alpha value is -6.53. The molecule has 0 aromatic heterocycles. The average Bonchev–Trinajstić information content (AvgIpc) is 3.18. The number of rotatable bonds is 8. The normalized spacial score (nSPS) is 17.5. The first-order valence-electron chi connectivity index (χ1n) is 21.7. The fourth-order valence-electron chi connectivity index (χ4n) is 6.34. The van der Waals surface area contributed by atoms with Gasteiger partial charge in [0.15, 0.2) is 0 Å². The van der Waals surface area contributed by atoms with Crippen LogP contribution in [0.1, 0.15) is 122 Å². The number of amides is 7. The molecule has 0 fully saturated rings. The molecular formula is C46H66N8O11. The van der Waals surface area contributed by atoms with Crippen molar-refractivity contribution in [1.82, 2.24) is 36.4 Å². The Morgan fingerprint density at radius 1 is 0.785 bits per heavy atom. The summed E-state index contributed by atoms with van der Waals surface area (Å²) in [5.74, 6) is -4.53. The average molecular weight is 907 g/mol. The van der Waals surface area contributed by atoms with E-state index in [0.717, 1.165) is 10.5 Å². The Balaban J connectivity index is 1.93. The van der Waals surface area contributed by atoms with Crippen molar-refractivity contribution >= 4 is 53.7 Å². The van der Waals surface area contributed by atoms with E-state index in [0.29, 0.717) is 24.0 Å². The lowest BCUT2D eigenvalue weighted by atomic mass is 10.1. The maximum Gasteiger partial charge on any atom is 0.417 e. The number of nitrogens with one attached hydrogen (secondary N) is 6. The van der Waals surface area contributed by atoms with Gasteiger partial charge in [-0.15, -0.1) is 0 Å². The van der Waals surface area contributed by atoms with E-state index in [9.17, 15) is 38.4 Å². The van der Waals surface area contributed by atoms with Gasteiger partial charge in [0, 0.05) is 38.2 Å². The van der Waals surface area contributed by atoms with Crippen LogP contribution in [0.3, 0.4) is 0 Å². The molecule has 2 atom stereocenters. The molecule has 0 radical (unpaired) electrons. The molecule has 356 valence electrons. The van der Waals surface area contributed by atoms with Gasteiger partial charge in [-0.05, 0) is 111 Å². The molecule has 0 saturated heterocycles. The first kappa shape index (κ1) is 52.8. The highest BCUT2D eigenvalue weighted by atomic mass is 16.6. The number of alkyl carbamates (subject to hydrolysis) is 1. The number of hydrogen-bond donors (Lipinski definition) is 6. The Morgan fingerprint density at radius 3 is 2.08 bits per heavy atom. The van der Waals surface area contributed by atoms with Crippen molar-refractivity contribution in [1.29, 1.82) is 5.41 Å². The number of guanidine groups is 1. The van der Waals surface area contributed by atoms with Gasteiger partial charge in [0.1, 0.15) is 28.9 Å². The van der Waals surface area contributed by atoms with Gasteiger partial charge >= 0.3 is 18.2 Å². The van der Waals surface area contributed by atoms with Crippen molar-refractivity contribution in [2.75, 3.05) is 19.6 Å². The van der Waals surface area contributed by atoms with Crippen LogP contribution >= 0.6 is 0 Å². The van der Waals surface area contributed by atoms with Crippen LogP contribution in [0.25, 0.3) is 0 Å². The molecule has 0 aliphatic carbocycles. The SMILES string of the molecule is CC(C)(C)OC(=O)CC1NC(=O)CNC(=O)[C@H](CCCN(C(=N)NC(=O)OC(C)(C)C)C(=O)OC(C)(C)C)NC(=O)CCCCNC(=O)c2cccc(c2)CN(Cc2ccccc2)C1=O. The van der Waals surface area contributed by atoms with Crippen LogP contribution in [0.15, 0.2) is 54.6 Å². The molecule has 1 aliphatic rings. The lowest BCUT2D eigenvalue weighted by molar-refractivity contribution is -0.157. The monoisotopic (exact) mass is 906 g/mol. The van der Waals surface area contributed by atoms with Gasteiger partial charge in [-0.2, -0.15) is 0 Å². The molecule has 2 bridgehead atoms. The van der Waals surface area contributed by atoms with Gasteiger partial charge in [0.05, 0.1) is 13.0 Å². The maximum absolute atomic E-state index is 14.5. The predicted octanol–water partition coefficient (Wildman–Crippen LogP) is 4.42. The molecular weight excluding hydrogens is 841 g/mol. The van der Waals surface area contributed by atoms with Crippen molar-refractivity contribution in [3.63, 3.8) is 0 Å². The van der Waals surface area contributed by atoms with E-state index in [1.807, 2.05) is 30.3 Å². The van der Waals surface area contributed by atoms with Crippen molar-refractivity contribution in [2.24, 2.45) is 0 Å². The zero-order valence-corrected chi connectivity index (χ0v) is 39.0.